The van der Waals surface area contributed by atoms with E-state index in [-0.39, 0.29) is 22.2 Å². The summed E-state index contributed by atoms with van der Waals surface area (Å²) in [7, 11) is 1.28. The number of amidine groups is 1. The van der Waals surface area contributed by atoms with Gasteiger partial charge in [0.25, 0.3) is 11.6 Å². The fourth-order valence-corrected chi connectivity index (χ4v) is 4.05. The van der Waals surface area contributed by atoms with Crippen LogP contribution in [0.4, 0.5) is 11.4 Å². The van der Waals surface area contributed by atoms with Crippen molar-refractivity contribution in [2.45, 2.75) is 0 Å². The zero-order chi connectivity index (χ0) is 23.5. The average Bonchev–Trinajstić information content (AvgIpc) is 3.40. The molecule has 1 aromatic heterocycles. The molecule has 2 heterocycles. The molecule has 1 amide bonds. The molecular weight excluding hydrogens is 470 g/mol. The summed E-state index contributed by atoms with van der Waals surface area (Å²) in [6.45, 7) is 0. The largest absolute Gasteiger partial charge is 0.465 e. The Balaban J connectivity index is 1.57. The number of rotatable bonds is 5. The number of amides is 1. The first-order valence-corrected chi connectivity index (χ1v) is 10.6. The normalized spacial score (nSPS) is 15.6. The van der Waals surface area contributed by atoms with Crippen molar-refractivity contribution in [3.05, 3.63) is 86.0 Å². The number of nitrogens with one attached hydrogen (secondary N) is 1. The quantitative estimate of drug-likeness (QED) is 0.229. The van der Waals surface area contributed by atoms with Crippen molar-refractivity contribution in [2.24, 2.45) is 4.99 Å². The van der Waals surface area contributed by atoms with Gasteiger partial charge in [0.05, 0.1) is 33.2 Å². The maximum absolute atomic E-state index is 12.4. The van der Waals surface area contributed by atoms with Crippen LogP contribution in [-0.2, 0) is 9.53 Å². The van der Waals surface area contributed by atoms with Crippen molar-refractivity contribution in [3.63, 3.8) is 0 Å². The lowest BCUT2D eigenvalue weighted by Crippen LogP contribution is -2.19. The van der Waals surface area contributed by atoms with E-state index in [2.05, 4.69) is 10.3 Å². The molecule has 0 radical (unpaired) electrons. The number of esters is 1. The minimum absolute atomic E-state index is 0.128. The molecule has 0 saturated carbocycles. The van der Waals surface area contributed by atoms with E-state index in [9.17, 15) is 19.7 Å². The zero-order valence-corrected chi connectivity index (χ0v) is 18.5. The standard InChI is InChI=1S/C22H14ClN3O6S/c1-31-21(28)15-4-2-3-5-17(15)24-22-25-20(27)19(33-22)11-13-7-9-18(32-13)14-8-6-12(26(29)30)10-16(14)23/h2-11H,1H3,(H,24,25,27)/b19-11+. The Labute approximate surface area is 196 Å². The smallest absolute Gasteiger partial charge is 0.340 e. The highest BCUT2D eigenvalue weighted by Crippen LogP contribution is 2.34. The topological polar surface area (TPSA) is 124 Å². The molecular formula is C22H14ClN3O6S. The number of thioether (sulfide) groups is 1. The molecule has 3 aromatic rings. The Morgan fingerprint density at radius 1 is 1.24 bits per heavy atom. The van der Waals surface area contributed by atoms with Crippen LogP contribution >= 0.6 is 23.4 Å². The Bertz CT molecular complexity index is 1350. The Morgan fingerprint density at radius 3 is 2.76 bits per heavy atom. The Morgan fingerprint density at radius 2 is 2.03 bits per heavy atom. The maximum Gasteiger partial charge on any atom is 0.340 e. The van der Waals surface area contributed by atoms with Gasteiger partial charge in [-0.2, -0.15) is 0 Å². The SMILES string of the molecule is COC(=O)c1ccccc1N=C1NC(=O)/C(=C\c2ccc(-c3ccc([N+](=O)[O-])cc3Cl)o2)S1. The van der Waals surface area contributed by atoms with E-state index in [1.165, 1.54) is 31.4 Å². The van der Waals surface area contributed by atoms with Gasteiger partial charge in [0.15, 0.2) is 5.17 Å². The number of hydrogen-bond donors (Lipinski definition) is 1. The highest BCUT2D eigenvalue weighted by Gasteiger charge is 2.25. The third-order valence-electron chi connectivity index (χ3n) is 4.51. The number of nitro benzene ring substituents is 1. The molecule has 33 heavy (non-hydrogen) atoms. The zero-order valence-electron chi connectivity index (χ0n) is 16.9. The van der Waals surface area contributed by atoms with Crippen LogP contribution < -0.4 is 5.32 Å². The summed E-state index contributed by atoms with van der Waals surface area (Å²) in [4.78, 5) is 39.3. The van der Waals surface area contributed by atoms with Crippen LogP contribution in [0.5, 0.6) is 0 Å². The van der Waals surface area contributed by atoms with Crippen LogP contribution in [0.25, 0.3) is 17.4 Å². The van der Waals surface area contributed by atoms with Crippen LogP contribution in [-0.4, -0.2) is 29.1 Å². The first-order chi connectivity index (χ1) is 15.9. The number of non-ortho nitro benzene ring substituents is 1. The number of benzene rings is 2. The molecule has 0 atom stereocenters. The van der Waals surface area contributed by atoms with Crippen LogP contribution in [0.2, 0.25) is 5.02 Å². The van der Waals surface area contributed by atoms with Crippen molar-refractivity contribution in [1.82, 2.24) is 5.32 Å². The number of furan rings is 1. The summed E-state index contributed by atoms with van der Waals surface area (Å²) in [6.07, 6.45) is 1.54. The number of aliphatic imine (C=N–C) groups is 1. The number of carbonyl (C=O) groups is 2. The number of carbonyl (C=O) groups excluding carboxylic acids is 2. The number of para-hydroxylation sites is 1. The molecule has 166 valence electrons. The summed E-state index contributed by atoms with van der Waals surface area (Å²) in [5, 5.41) is 14.0. The average molecular weight is 484 g/mol. The van der Waals surface area contributed by atoms with E-state index in [1.807, 2.05) is 0 Å². The number of methoxy groups -OCH3 is 1. The van der Waals surface area contributed by atoms with E-state index < -0.39 is 10.9 Å². The van der Waals surface area contributed by atoms with Gasteiger partial charge in [0.1, 0.15) is 11.5 Å². The summed E-state index contributed by atoms with van der Waals surface area (Å²) in [6, 6.07) is 14.0. The molecule has 1 aliphatic heterocycles. The lowest BCUT2D eigenvalue weighted by Gasteiger charge is -2.03. The van der Waals surface area contributed by atoms with Gasteiger partial charge >= 0.3 is 5.97 Å². The van der Waals surface area contributed by atoms with Gasteiger partial charge in [-0.05, 0) is 42.1 Å². The minimum atomic E-state index is -0.535. The predicted molar refractivity (Wildman–Crippen MR) is 124 cm³/mol. The van der Waals surface area contributed by atoms with E-state index in [0.29, 0.717) is 32.8 Å². The van der Waals surface area contributed by atoms with Crippen molar-refractivity contribution >= 4 is 57.9 Å². The molecule has 1 aliphatic rings. The van der Waals surface area contributed by atoms with Gasteiger partial charge in [-0.3, -0.25) is 14.9 Å². The molecule has 0 aliphatic carbocycles. The third kappa shape index (κ3) is 4.81. The third-order valence-corrected chi connectivity index (χ3v) is 5.73. The van der Waals surface area contributed by atoms with E-state index in [4.69, 9.17) is 20.8 Å². The van der Waals surface area contributed by atoms with Gasteiger partial charge in [0, 0.05) is 23.8 Å². The molecule has 2 aromatic carbocycles. The maximum atomic E-state index is 12.4. The summed E-state index contributed by atoms with van der Waals surface area (Å²) in [5.74, 6) is -0.131. The number of halogens is 1. The van der Waals surface area contributed by atoms with Gasteiger partial charge in [0.2, 0.25) is 0 Å². The van der Waals surface area contributed by atoms with Crippen LogP contribution in [0.1, 0.15) is 16.1 Å². The number of hydrogen-bond acceptors (Lipinski definition) is 8. The second-order valence-electron chi connectivity index (χ2n) is 6.61. The van der Waals surface area contributed by atoms with Crippen molar-refractivity contribution in [3.8, 4) is 11.3 Å². The molecule has 9 nitrogen and oxygen atoms in total. The number of nitrogens with zero attached hydrogens (tertiary/aromatic N) is 2. The second-order valence-corrected chi connectivity index (χ2v) is 8.05. The number of nitro groups is 1. The number of ether oxygens (including phenoxy) is 1. The van der Waals surface area contributed by atoms with Gasteiger partial charge in [-0.1, -0.05) is 23.7 Å². The monoisotopic (exact) mass is 483 g/mol. The van der Waals surface area contributed by atoms with Crippen molar-refractivity contribution in [1.29, 1.82) is 0 Å². The summed E-state index contributed by atoms with van der Waals surface area (Å²) < 4.78 is 10.5. The van der Waals surface area contributed by atoms with E-state index in [1.54, 1.807) is 36.4 Å². The molecule has 11 heteroatoms. The second kappa shape index (κ2) is 9.31. The van der Waals surface area contributed by atoms with Gasteiger partial charge in [-0.15, -0.1) is 0 Å². The molecule has 4 rings (SSSR count). The van der Waals surface area contributed by atoms with Crippen molar-refractivity contribution in [2.75, 3.05) is 7.11 Å². The first kappa shape index (κ1) is 22.3. The lowest BCUT2D eigenvalue weighted by molar-refractivity contribution is -0.384. The molecule has 1 N–H and O–H groups in total. The first-order valence-electron chi connectivity index (χ1n) is 9.37. The summed E-state index contributed by atoms with van der Waals surface area (Å²) >= 11 is 7.24. The van der Waals surface area contributed by atoms with Crippen LogP contribution in [0, 0.1) is 10.1 Å². The van der Waals surface area contributed by atoms with E-state index >= 15 is 0 Å². The minimum Gasteiger partial charge on any atom is -0.465 e. The highest BCUT2D eigenvalue weighted by atomic mass is 35.5. The Hall–Kier alpha value is -3.89. The molecule has 0 bridgehead atoms. The molecule has 0 unspecified atom stereocenters. The van der Waals surface area contributed by atoms with Crippen molar-refractivity contribution < 1.29 is 23.7 Å². The van der Waals surface area contributed by atoms with Crippen LogP contribution in [0.15, 0.2) is 68.9 Å². The van der Waals surface area contributed by atoms with Gasteiger partial charge < -0.3 is 14.5 Å². The molecule has 0 spiro atoms. The Kier molecular flexibility index (Phi) is 6.29. The lowest BCUT2D eigenvalue weighted by atomic mass is 10.1. The highest BCUT2D eigenvalue weighted by molar-refractivity contribution is 8.18. The van der Waals surface area contributed by atoms with Gasteiger partial charge in [-0.25, -0.2) is 9.79 Å². The predicted octanol–water partition coefficient (Wildman–Crippen LogP) is 5.19. The fourth-order valence-electron chi connectivity index (χ4n) is 2.97. The van der Waals surface area contributed by atoms with E-state index in [0.717, 1.165) is 11.8 Å². The fraction of sp³-hybridized carbons (Fsp3) is 0.0455. The summed E-state index contributed by atoms with van der Waals surface area (Å²) in [5.41, 5.74) is 0.992. The molecule has 1 fully saturated rings. The van der Waals surface area contributed by atoms with Crippen LogP contribution in [0.3, 0.4) is 0 Å². The molecule has 1 saturated heterocycles.